The second-order valence-electron chi connectivity index (χ2n) is 5.38. The van der Waals surface area contributed by atoms with E-state index in [2.05, 4.69) is 10.1 Å². The molecular weight excluding hydrogens is 314 g/mol. The van der Waals surface area contributed by atoms with Crippen LogP contribution in [-0.4, -0.2) is 26.7 Å². The van der Waals surface area contributed by atoms with Crippen molar-refractivity contribution in [3.05, 3.63) is 64.9 Å². The van der Waals surface area contributed by atoms with Crippen LogP contribution in [0.5, 0.6) is 0 Å². The Bertz CT molecular complexity index is 746. The van der Waals surface area contributed by atoms with E-state index in [9.17, 15) is 9.90 Å². The van der Waals surface area contributed by atoms with Crippen LogP contribution in [0.3, 0.4) is 0 Å². The summed E-state index contributed by atoms with van der Waals surface area (Å²) in [6.45, 7) is 1.94. The van der Waals surface area contributed by atoms with E-state index in [1.54, 1.807) is 48.8 Å². The van der Waals surface area contributed by atoms with Gasteiger partial charge in [0.05, 0.1) is 0 Å². The highest BCUT2D eigenvalue weighted by Gasteiger charge is 2.45. The smallest absolute Gasteiger partial charge is 0.276 e. The Kier molecular flexibility index (Phi) is 4.15. The molecule has 1 N–H and O–H groups in total. The van der Waals surface area contributed by atoms with E-state index in [0.717, 1.165) is 10.7 Å². The van der Waals surface area contributed by atoms with E-state index >= 15 is 0 Å². The zero-order chi connectivity index (χ0) is 16.4. The number of halogens is 1. The summed E-state index contributed by atoms with van der Waals surface area (Å²) in [6.07, 6.45) is 4.10. The van der Waals surface area contributed by atoms with Gasteiger partial charge in [0, 0.05) is 40.7 Å². The van der Waals surface area contributed by atoms with Gasteiger partial charge in [-0.15, -0.1) is 0 Å². The van der Waals surface area contributed by atoms with Gasteiger partial charge in [0.2, 0.25) is 0 Å². The normalized spacial score (nSPS) is 20.5. The van der Waals surface area contributed by atoms with Gasteiger partial charge in [0.1, 0.15) is 0 Å². The fourth-order valence-corrected chi connectivity index (χ4v) is 2.69. The second-order valence-corrected chi connectivity index (χ2v) is 5.82. The number of hydrazone groups is 1. The van der Waals surface area contributed by atoms with Crippen LogP contribution >= 0.6 is 11.6 Å². The topological polar surface area (TPSA) is 65.8 Å². The SMILES string of the molecule is CCC1=NN(C(=O)c2ccc(Cl)cc2)C(O)(c2cccnc2)C1. The molecule has 118 valence electrons. The molecular formula is C17H16ClN3O2. The first-order chi connectivity index (χ1) is 11.0. The Balaban J connectivity index is 2.01. The van der Waals surface area contributed by atoms with Gasteiger partial charge in [0.25, 0.3) is 5.91 Å². The molecule has 6 heteroatoms. The van der Waals surface area contributed by atoms with Crippen molar-refractivity contribution in [2.24, 2.45) is 5.10 Å². The van der Waals surface area contributed by atoms with E-state index < -0.39 is 5.72 Å². The number of carbonyl (C=O) groups excluding carboxylic acids is 1. The van der Waals surface area contributed by atoms with E-state index in [1.807, 2.05) is 6.92 Å². The fraction of sp³-hybridized carbons (Fsp3) is 0.235. The molecule has 0 fully saturated rings. The minimum atomic E-state index is -1.52. The molecule has 1 atom stereocenters. The van der Waals surface area contributed by atoms with Gasteiger partial charge >= 0.3 is 0 Å². The Morgan fingerprint density at radius 2 is 2.09 bits per heavy atom. The highest BCUT2D eigenvalue weighted by atomic mass is 35.5. The number of nitrogens with zero attached hydrogens (tertiary/aromatic N) is 3. The zero-order valence-electron chi connectivity index (χ0n) is 12.6. The number of rotatable bonds is 3. The number of aliphatic hydroxyl groups is 1. The van der Waals surface area contributed by atoms with E-state index in [-0.39, 0.29) is 12.3 Å². The number of amides is 1. The number of pyridine rings is 1. The maximum absolute atomic E-state index is 12.8. The van der Waals surface area contributed by atoms with Gasteiger partial charge in [-0.2, -0.15) is 10.1 Å². The third kappa shape index (κ3) is 2.85. The molecule has 0 radical (unpaired) electrons. The summed E-state index contributed by atoms with van der Waals surface area (Å²) < 4.78 is 0. The number of hydrogen-bond donors (Lipinski definition) is 1. The van der Waals surface area contributed by atoms with Crippen molar-refractivity contribution in [3.8, 4) is 0 Å². The predicted octanol–water partition coefficient (Wildman–Crippen LogP) is 3.19. The van der Waals surface area contributed by atoms with Crippen molar-refractivity contribution < 1.29 is 9.90 Å². The van der Waals surface area contributed by atoms with Crippen LogP contribution in [0.2, 0.25) is 5.02 Å². The van der Waals surface area contributed by atoms with Gasteiger partial charge in [-0.05, 0) is 36.8 Å². The molecule has 1 amide bonds. The summed E-state index contributed by atoms with van der Waals surface area (Å²) in [5.41, 5.74) is 0.196. The fourth-order valence-electron chi connectivity index (χ4n) is 2.57. The molecule has 5 nitrogen and oxygen atoms in total. The van der Waals surface area contributed by atoms with Crippen LogP contribution < -0.4 is 0 Å². The lowest BCUT2D eigenvalue weighted by atomic mass is 9.97. The van der Waals surface area contributed by atoms with Gasteiger partial charge in [-0.3, -0.25) is 9.78 Å². The van der Waals surface area contributed by atoms with Crippen LogP contribution in [0.25, 0.3) is 0 Å². The maximum Gasteiger partial charge on any atom is 0.276 e. The first-order valence-electron chi connectivity index (χ1n) is 7.34. The third-order valence-corrected chi connectivity index (χ3v) is 4.11. The summed E-state index contributed by atoms with van der Waals surface area (Å²) in [5, 5.41) is 17.1. The molecule has 1 aliphatic rings. The molecule has 3 rings (SSSR count). The standard InChI is InChI=1S/C17H16ClN3O2/c1-2-15-10-17(23,13-4-3-9-19-11-13)21(20-15)16(22)12-5-7-14(18)8-6-12/h3-9,11,23H,2,10H2,1H3. The Morgan fingerprint density at radius 1 is 1.35 bits per heavy atom. The molecule has 1 aliphatic heterocycles. The average molecular weight is 330 g/mol. The molecule has 1 aromatic carbocycles. The first kappa shape index (κ1) is 15.6. The van der Waals surface area contributed by atoms with Crippen LogP contribution in [0.1, 0.15) is 35.7 Å². The van der Waals surface area contributed by atoms with Crippen molar-refractivity contribution in [2.75, 3.05) is 0 Å². The van der Waals surface area contributed by atoms with Crippen LogP contribution in [0.4, 0.5) is 0 Å². The van der Waals surface area contributed by atoms with E-state index in [1.165, 1.54) is 0 Å². The van der Waals surface area contributed by atoms with Gasteiger partial charge < -0.3 is 5.11 Å². The van der Waals surface area contributed by atoms with Gasteiger partial charge in [-0.25, -0.2) is 0 Å². The number of benzene rings is 1. The summed E-state index contributed by atoms with van der Waals surface area (Å²) >= 11 is 5.86. The molecule has 0 aliphatic carbocycles. The first-order valence-corrected chi connectivity index (χ1v) is 7.72. The average Bonchev–Trinajstić information content (AvgIpc) is 2.94. The van der Waals surface area contributed by atoms with Crippen LogP contribution in [0, 0.1) is 0 Å². The minimum absolute atomic E-state index is 0.272. The summed E-state index contributed by atoms with van der Waals surface area (Å²) in [4.78, 5) is 16.8. The highest BCUT2D eigenvalue weighted by Crippen LogP contribution is 2.36. The van der Waals surface area contributed by atoms with Gasteiger partial charge in [-0.1, -0.05) is 24.6 Å². The van der Waals surface area contributed by atoms with E-state index in [4.69, 9.17) is 11.6 Å². The minimum Gasteiger partial charge on any atom is -0.365 e. The van der Waals surface area contributed by atoms with Crippen LogP contribution in [-0.2, 0) is 5.72 Å². The van der Waals surface area contributed by atoms with Crippen molar-refractivity contribution in [1.29, 1.82) is 0 Å². The summed E-state index contributed by atoms with van der Waals surface area (Å²) in [7, 11) is 0. The molecule has 0 bridgehead atoms. The molecule has 0 saturated carbocycles. The van der Waals surface area contributed by atoms with Crippen molar-refractivity contribution >= 4 is 23.2 Å². The van der Waals surface area contributed by atoms with Crippen LogP contribution in [0.15, 0.2) is 53.9 Å². The summed E-state index contributed by atoms with van der Waals surface area (Å²) in [5.74, 6) is -0.378. The quantitative estimate of drug-likeness (QED) is 0.940. The molecule has 0 spiro atoms. The lowest BCUT2D eigenvalue weighted by molar-refractivity contribution is -0.0767. The number of hydrogen-bond acceptors (Lipinski definition) is 4. The molecule has 23 heavy (non-hydrogen) atoms. The monoisotopic (exact) mass is 329 g/mol. The Labute approximate surface area is 139 Å². The van der Waals surface area contributed by atoms with Crippen molar-refractivity contribution in [2.45, 2.75) is 25.5 Å². The molecule has 1 aromatic heterocycles. The van der Waals surface area contributed by atoms with Gasteiger partial charge in [0.15, 0.2) is 5.72 Å². The maximum atomic E-state index is 12.8. The lowest BCUT2D eigenvalue weighted by Gasteiger charge is -2.31. The molecule has 2 heterocycles. The number of carbonyl (C=O) groups is 1. The number of aromatic nitrogens is 1. The molecule has 2 aromatic rings. The van der Waals surface area contributed by atoms with Crippen molar-refractivity contribution in [3.63, 3.8) is 0 Å². The lowest BCUT2D eigenvalue weighted by Crippen LogP contribution is -2.43. The Morgan fingerprint density at radius 3 is 2.70 bits per heavy atom. The predicted molar refractivity (Wildman–Crippen MR) is 88.1 cm³/mol. The Hall–Kier alpha value is -2.24. The highest BCUT2D eigenvalue weighted by molar-refractivity contribution is 6.30. The summed E-state index contributed by atoms with van der Waals surface area (Å²) in [6, 6.07) is 9.98. The van der Waals surface area contributed by atoms with Crippen molar-refractivity contribution in [1.82, 2.24) is 9.99 Å². The second kappa shape index (κ2) is 6.10. The third-order valence-electron chi connectivity index (χ3n) is 3.86. The zero-order valence-corrected chi connectivity index (χ0v) is 13.4. The van der Waals surface area contributed by atoms with E-state index in [0.29, 0.717) is 22.6 Å². The molecule has 1 unspecified atom stereocenters. The largest absolute Gasteiger partial charge is 0.365 e. The molecule has 0 saturated heterocycles.